The Kier molecular flexibility index (Phi) is 4.93. The average Bonchev–Trinajstić information content (AvgIpc) is 3.30. The van der Waals surface area contributed by atoms with Gasteiger partial charge in [-0.3, -0.25) is 9.59 Å². The van der Waals surface area contributed by atoms with Crippen LogP contribution in [-0.4, -0.2) is 38.7 Å². The van der Waals surface area contributed by atoms with E-state index < -0.39 is 11.7 Å². The number of nitrogens with one attached hydrogen (secondary N) is 1. The standard InChI is InChI=1S/C22H21FN6O2/c23-16-5-1-2-6-18(16)25-19(30)13-29-20(31)11-14-7-8-17-15(21(14)27-29)12-24-22(26-17)28-9-3-4-10-28/h1-2,5-6,11-12H,3-4,7-10,13H2,(H,25,30). The number of halogens is 1. The zero-order chi connectivity index (χ0) is 21.4. The van der Waals surface area contributed by atoms with Gasteiger partial charge in [-0.05, 0) is 43.4 Å². The van der Waals surface area contributed by atoms with Crippen molar-refractivity contribution >= 4 is 17.5 Å². The molecular weight excluding hydrogens is 399 g/mol. The van der Waals surface area contributed by atoms with Crippen LogP contribution >= 0.6 is 0 Å². The summed E-state index contributed by atoms with van der Waals surface area (Å²) in [6, 6.07) is 7.38. The molecule has 31 heavy (non-hydrogen) atoms. The molecule has 1 saturated heterocycles. The van der Waals surface area contributed by atoms with Crippen LogP contribution in [0.2, 0.25) is 0 Å². The van der Waals surface area contributed by atoms with Crippen LogP contribution in [0.4, 0.5) is 16.0 Å². The van der Waals surface area contributed by atoms with E-state index in [2.05, 4.69) is 20.3 Å². The van der Waals surface area contributed by atoms with Gasteiger partial charge in [0, 0.05) is 30.9 Å². The molecule has 0 spiro atoms. The van der Waals surface area contributed by atoms with E-state index in [0.717, 1.165) is 53.4 Å². The van der Waals surface area contributed by atoms with Gasteiger partial charge in [0.25, 0.3) is 5.56 Å². The van der Waals surface area contributed by atoms with Crippen molar-refractivity contribution in [2.45, 2.75) is 32.2 Å². The molecule has 2 aromatic heterocycles. The summed E-state index contributed by atoms with van der Waals surface area (Å²) in [5.41, 5.74) is 2.81. The van der Waals surface area contributed by atoms with E-state index in [1.807, 2.05) is 0 Å². The number of nitrogens with zero attached hydrogens (tertiary/aromatic N) is 5. The minimum absolute atomic E-state index is 0.0618. The minimum Gasteiger partial charge on any atom is -0.341 e. The summed E-state index contributed by atoms with van der Waals surface area (Å²) in [4.78, 5) is 36.3. The first-order valence-electron chi connectivity index (χ1n) is 10.3. The van der Waals surface area contributed by atoms with Crippen LogP contribution < -0.4 is 15.8 Å². The van der Waals surface area contributed by atoms with Crippen molar-refractivity contribution in [2.75, 3.05) is 23.3 Å². The van der Waals surface area contributed by atoms with Crippen LogP contribution in [0.25, 0.3) is 11.3 Å². The smallest absolute Gasteiger partial charge is 0.267 e. The Bertz CT molecular complexity index is 1220. The SMILES string of the molecule is O=C(Cn1nc2c(cc1=O)CCc1nc(N3CCCC3)ncc1-2)Nc1ccccc1F. The number of fused-ring (bicyclic) bond motifs is 3. The Balaban J connectivity index is 1.42. The summed E-state index contributed by atoms with van der Waals surface area (Å²) in [6.45, 7) is 1.61. The fraction of sp³-hybridized carbons (Fsp3) is 0.318. The monoisotopic (exact) mass is 420 g/mol. The normalized spacial score (nSPS) is 14.8. The Morgan fingerprint density at radius 2 is 1.97 bits per heavy atom. The lowest BCUT2D eigenvalue weighted by molar-refractivity contribution is -0.117. The van der Waals surface area contributed by atoms with E-state index in [1.54, 1.807) is 12.3 Å². The second-order valence-corrected chi connectivity index (χ2v) is 7.77. The number of benzene rings is 1. The zero-order valence-electron chi connectivity index (χ0n) is 16.8. The van der Waals surface area contributed by atoms with Crippen LogP contribution in [-0.2, 0) is 24.2 Å². The van der Waals surface area contributed by atoms with Gasteiger partial charge in [-0.25, -0.2) is 19.0 Å². The van der Waals surface area contributed by atoms with Crippen molar-refractivity contribution < 1.29 is 9.18 Å². The molecule has 0 unspecified atom stereocenters. The number of para-hydroxylation sites is 1. The number of aromatic nitrogens is 4. The largest absolute Gasteiger partial charge is 0.341 e. The summed E-state index contributed by atoms with van der Waals surface area (Å²) < 4.78 is 14.9. The first-order chi connectivity index (χ1) is 15.1. The lowest BCUT2D eigenvalue weighted by Gasteiger charge is -2.21. The highest BCUT2D eigenvalue weighted by Gasteiger charge is 2.24. The van der Waals surface area contributed by atoms with Gasteiger partial charge < -0.3 is 10.2 Å². The predicted molar refractivity (Wildman–Crippen MR) is 113 cm³/mol. The number of hydrogen-bond acceptors (Lipinski definition) is 6. The molecule has 8 nitrogen and oxygen atoms in total. The molecule has 9 heteroatoms. The summed E-state index contributed by atoms with van der Waals surface area (Å²) in [5, 5.41) is 6.92. The highest BCUT2D eigenvalue weighted by atomic mass is 19.1. The van der Waals surface area contributed by atoms with E-state index in [1.165, 1.54) is 24.3 Å². The maximum atomic E-state index is 13.8. The molecule has 2 aliphatic rings. The van der Waals surface area contributed by atoms with E-state index in [9.17, 15) is 14.0 Å². The molecule has 1 N–H and O–H groups in total. The summed E-state index contributed by atoms with van der Waals surface area (Å²) in [7, 11) is 0. The Morgan fingerprint density at radius 1 is 1.16 bits per heavy atom. The summed E-state index contributed by atoms with van der Waals surface area (Å²) in [5.74, 6) is -0.338. The maximum absolute atomic E-state index is 13.8. The van der Waals surface area contributed by atoms with Gasteiger partial charge >= 0.3 is 0 Å². The van der Waals surface area contributed by atoms with Crippen molar-refractivity contribution in [1.82, 2.24) is 19.7 Å². The Labute approximate surface area is 177 Å². The number of aryl methyl sites for hydroxylation is 2. The van der Waals surface area contributed by atoms with Crippen molar-refractivity contribution in [3.8, 4) is 11.3 Å². The van der Waals surface area contributed by atoms with Gasteiger partial charge in [0.15, 0.2) is 0 Å². The van der Waals surface area contributed by atoms with E-state index in [-0.39, 0.29) is 17.8 Å². The van der Waals surface area contributed by atoms with Gasteiger partial charge in [-0.15, -0.1) is 0 Å². The number of rotatable bonds is 4. The molecule has 1 amide bonds. The Hall–Kier alpha value is -3.62. The van der Waals surface area contributed by atoms with Crippen LogP contribution in [0.1, 0.15) is 24.1 Å². The van der Waals surface area contributed by atoms with Gasteiger partial charge in [0.1, 0.15) is 12.4 Å². The second kappa shape index (κ2) is 7.90. The molecule has 1 aromatic carbocycles. The van der Waals surface area contributed by atoms with Gasteiger partial charge in [-0.2, -0.15) is 5.10 Å². The van der Waals surface area contributed by atoms with E-state index in [4.69, 9.17) is 4.98 Å². The fourth-order valence-electron chi connectivity index (χ4n) is 4.06. The molecule has 158 valence electrons. The molecule has 3 heterocycles. The molecule has 0 atom stereocenters. The summed E-state index contributed by atoms with van der Waals surface area (Å²) >= 11 is 0. The quantitative estimate of drug-likeness (QED) is 0.696. The molecule has 3 aromatic rings. The molecule has 0 radical (unpaired) electrons. The number of amides is 1. The van der Waals surface area contributed by atoms with Crippen LogP contribution in [0, 0.1) is 5.82 Å². The van der Waals surface area contributed by atoms with Crippen molar-refractivity contribution in [1.29, 1.82) is 0 Å². The molecule has 1 fully saturated rings. The van der Waals surface area contributed by atoms with Crippen molar-refractivity contribution in [2.24, 2.45) is 0 Å². The first kappa shape index (κ1) is 19.3. The molecule has 0 saturated carbocycles. The third-order valence-electron chi connectivity index (χ3n) is 5.65. The van der Waals surface area contributed by atoms with E-state index >= 15 is 0 Å². The lowest BCUT2D eigenvalue weighted by Crippen LogP contribution is -2.31. The van der Waals surface area contributed by atoms with Crippen LogP contribution in [0.15, 0.2) is 41.3 Å². The number of carbonyl (C=O) groups excluding carboxylic acids is 1. The number of carbonyl (C=O) groups is 1. The lowest BCUT2D eigenvalue weighted by atomic mass is 9.94. The summed E-state index contributed by atoms with van der Waals surface area (Å²) in [6.07, 6.45) is 5.42. The molecule has 5 rings (SSSR count). The number of anilines is 2. The maximum Gasteiger partial charge on any atom is 0.267 e. The molecule has 1 aliphatic carbocycles. The molecule has 1 aliphatic heterocycles. The van der Waals surface area contributed by atoms with Crippen LogP contribution in [0.5, 0.6) is 0 Å². The zero-order valence-corrected chi connectivity index (χ0v) is 16.8. The third-order valence-corrected chi connectivity index (χ3v) is 5.65. The van der Waals surface area contributed by atoms with Crippen molar-refractivity contribution in [3.63, 3.8) is 0 Å². The van der Waals surface area contributed by atoms with Gasteiger partial charge in [-0.1, -0.05) is 12.1 Å². The minimum atomic E-state index is -0.540. The third kappa shape index (κ3) is 3.78. The number of hydrogen-bond donors (Lipinski definition) is 1. The van der Waals surface area contributed by atoms with Crippen molar-refractivity contribution in [3.05, 3.63) is 64.0 Å². The highest BCUT2D eigenvalue weighted by molar-refractivity contribution is 5.90. The van der Waals surface area contributed by atoms with Crippen LogP contribution in [0.3, 0.4) is 0 Å². The molecule has 0 bridgehead atoms. The topological polar surface area (TPSA) is 93.0 Å². The second-order valence-electron chi connectivity index (χ2n) is 7.77. The highest BCUT2D eigenvalue weighted by Crippen LogP contribution is 2.30. The fourth-order valence-corrected chi connectivity index (χ4v) is 4.06. The average molecular weight is 420 g/mol. The van der Waals surface area contributed by atoms with Gasteiger partial charge in [0.2, 0.25) is 11.9 Å². The molecular formula is C22H21FN6O2. The Morgan fingerprint density at radius 3 is 2.77 bits per heavy atom. The van der Waals surface area contributed by atoms with Gasteiger partial charge in [0.05, 0.1) is 17.1 Å². The predicted octanol–water partition coefficient (Wildman–Crippen LogP) is 2.18. The first-order valence-corrected chi connectivity index (χ1v) is 10.3. The van der Waals surface area contributed by atoms with E-state index in [0.29, 0.717) is 18.5 Å².